The second kappa shape index (κ2) is 46.3. The Morgan fingerprint density at radius 1 is 0.222 bits per heavy atom. The molecule has 0 saturated carbocycles. The van der Waals surface area contributed by atoms with Crippen molar-refractivity contribution in [2.24, 2.45) is 0 Å². The number of aliphatic hydroxyl groups excluding tert-OH is 25. The summed E-state index contributed by atoms with van der Waals surface area (Å²) in [5, 5.41) is 291. The molecule has 10 heterocycles. The van der Waals surface area contributed by atoms with Crippen LogP contribution < -0.4 is 21.3 Å². The lowest BCUT2D eigenvalue weighted by Crippen LogP contribution is -2.71. The van der Waals surface area contributed by atoms with Gasteiger partial charge >= 0.3 is 0 Å². The highest BCUT2D eigenvalue weighted by Gasteiger charge is 2.62. The minimum absolute atomic E-state index is 0.777. The van der Waals surface area contributed by atoms with Crippen LogP contribution in [0.5, 0.6) is 0 Å². The monoisotopic (exact) mass is 1840 g/mol. The third-order valence-electron chi connectivity index (χ3n) is 23.2. The molecule has 10 aliphatic heterocycles. The zero-order valence-electron chi connectivity index (χ0n) is 68.7. The Morgan fingerprint density at radius 2 is 0.476 bits per heavy atom. The van der Waals surface area contributed by atoms with E-state index in [1.165, 1.54) is 0 Å². The Balaban J connectivity index is 0.956. The van der Waals surface area contributed by atoms with Crippen molar-refractivity contribution in [3.8, 4) is 0 Å². The average molecular weight is 1850 g/mol. The highest BCUT2D eigenvalue weighted by molar-refractivity contribution is 5.74. The summed E-state index contributed by atoms with van der Waals surface area (Å²) in [6.45, 7) is -6.24. The summed E-state index contributed by atoms with van der Waals surface area (Å²) < 4.78 is 130. The van der Waals surface area contributed by atoms with Crippen molar-refractivity contribution in [2.75, 3.05) is 87.4 Å². The maximum absolute atomic E-state index is 13.5. The highest BCUT2D eigenvalue weighted by Crippen LogP contribution is 2.41. The predicted octanol–water partition coefficient (Wildman–Crippen LogP) is -20.3. The molecule has 0 aromatic carbocycles. The fourth-order valence-electron chi connectivity index (χ4n) is 16.5. The molecule has 0 spiro atoms. The summed E-state index contributed by atoms with van der Waals surface area (Å²) in [6.07, 6.45) is -91.3. The molecule has 10 saturated heterocycles. The lowest BCUT2D eigenvalue weighted by molar-refractivity contribution is -0.397. The van der Waals surface area contributed by atoms with Gasteiger partial charge in [-0.3, -0.25) is 19.2 Å². The normalized spacial score (nSPS) is 48.5. The lowest BCUT2D eigenvalue weighted by atomic mass is 9.93. The van der Waals surface area contributed by atoms with Gasteiger partial charge in [-0.25, -0.2) is 0 Å². The molecule has 10 rings (SSSR count). The lowest BCUT2D eigenvalue weighted by Gasteiger charge is -2.51. The van der Waals surface area contributed by atoms with Gasteiger partial charge in [0.2, 0.25) is 23.6 Å². The van der Waals surface area contributed by atoms with Crippen molar-refractivity contribution in [3.63, 3.8) is 0 Å². The van der Waals surface area contributed by atoms with Crippen LogP contribution in [-0.2, 0) is 123 Å². The van der Waals surface area contributed by atoms with E-state index in [4.69, 9.17) is 104 Å². The van der Waals surface area contributed by atoms with Gasteiger partial charge in [-0.2, -0.15) is 0 Å². The molecular weight excluding hydrogens is 1720 g/mol. The van der Waals surface area contributed by atoms with Gasteiger partial charge in [0.1, 0.15) is 244 Å². The van der Waals surface area contributed by atoms with Crippen molar-refractivity contribution in [1.29, 1.82) is 0 Å². The summed E-state index contributed by atoms with van der Waals surface area (Å²) in [5.41, 5.74) is 0. The average Bonchev–Trinajstić information content (AvgIpc) is 0.754. The number of hydrogen-bond acceptors (Lipinski definition) is 51. The number of carbonyl (C=O) groups is 4. The Labute approximate surface area is 715 Å². The summed E-state index contributed by atoms with van der Waals surface area (Å²) in [6, 6.07) is -7.60. The molecule has 0 radical (unpaired) electrons. The van der Waals surface area contributed by atoms with E-state index in [1.54, 1.807) is 0 Å². The summed E-state index contributed by atoms with van der Waals surface area (Å²) >= 11 is 0. The van der Waals surface area contributed by atoms with Crippen LogP contribution in [0.4, 0.5) is 0 Å². The van der Waals surface area contributed by atoms with Crippen molar-refractivity contribution < 1.29 is 251 Å². The smallest absolute Gasteiger partial charge is 0.217 e. The quantitative estimate of drug-likeness (QED) is 0.0280. The molecule has 0 aromatic heterocycles. The van der Waals surface area contributed by atoms with Gasteiger partial charge < -0.3 is 253 Å². The number of carbonyl (C=O) groups excluding carboxylic acids is 4. The van der Waals surface area contributed by atoms with Crippen molar-refractivity contribution in [3.05, 3.63) is 0 Å². The van der Waals surface area contributed by atoms with E-state index in [-0.39, 0.29) is 0 Å². The molecule has 730 valence electrons. The van der Waals surface area contributed by atoms with Crippen LogP contribution >= 0.6 is 0 Å². The Morgan fingerprint density at radius 3 is 0.873 bits per heavy atom. The van der Waals surface area contributed by atoms with E-state index in [0.717, 1.165) is 49.0 Å². The van der Waals surface area contributed by atoms with Crippen LogP contribution in [0.15, 0.2) is 0 Å². The number of methoxy groups -OCH3 is 3. The molecule has 55 heteroatoms. The molecule has 0 unspecified atom stereocenters. The molecule has 29 N–H and O–H groups in total. The highest BCUT2D eigenvalue weighted by atomic mass is 16.8. The van der Waals surface area contributed by atoms with Gasteiger partial charge in [-0.15, -0.1) is 0 Å². The Bertz CT molecular complexity index is 3370. The van der Waals surface area contributed by atoms with Gasteiger partial charge in [-0.05, 0) is 0 Å². The molecule has 55 nitrogen and oxygen atoms in total. The van der Waals surface area contributed by atoms with Crippen molar-refractivity contribution in [2.45, 2.75) is 335 Å². The van der Waals surface area contributed by atoms with Crippen LogP contribution in [0.25, 0.3) is 0 Å². The minimum Gasteiger partial charge on any atom is -0.394 e. The van der Waals surface area contributed by atoms with Crippen LogP contribution in [0.3, 0.4) is 0 Å². The number of rotatable bonds is 35. The van der Waals surface area contributed by atoms with E-state index in [0.29, 0.717) is 0 Å². The first kappa shape index (κ1) is 104. The van der Waals surface area contributed by atoms with Crippen LogP contribution in [0, 0.1) is 0 Å². The SMILES string of the molecule is CO[C@H]1[C@@H](O)[C@@H](CO)O[C@@H](OC[C@H]2O[C@@H](O[C@H]3[C@@H](O)[C@@H](CO[C@@H]4O[C@H](CO)[C@H](O)[C@H](OC)[C@H]4O)O[C@@H](O[C@H]4[C@H](O)[C@@H](NC(C)=O)[C@H](O[C@@H]5[C@@H](O[C@@H]6[C@H](O)[C@H](O[C@H]7[C@H](O)[C@@H](NC(C)=O)[C@H](O[C@H]8[C@H](O)[C@@H](NC(C)=O)[C@H](O)O[C@@H]8CO)O[C@@H]7CO)O[C@H](CO[C@H]7O[C@H](CO)[C@@H](O)[C@H](O)[C@@H]7O)[C@H]6O)O[C@H](CO)[C@@H](O)[C@@H]5O)O[C@@H]4CO)[C@@H]3NC(C)=O)[C@H](O)[C@@H](OC)[C@H]2O)[C@@H]1O. The fraction of sp³-hybridized carbons (Fsp3) is 0.944. The van der Waals surface area contributed by atoms with Crippen LogP contribution in [0.2, 0.25) is 0 Å². The Hall–Kier alpha value is -4.00. The van der Waals surface area contributed by atoms with E-state index >= 15 is 0 Å². The third-order valence-corrected chi connectivity index (χ3v) is 23.2. The number of amides is 4. The topological polar surface area (TPSA) is 825 Å². The van der Waals surface area contributed by atoms with Gasteiger partial charge in [0.15, 0.2) is 62.9 Å². The first-order valence-corrected chi connectivity index (χ1v) is 40.3. The maximum atomic E-state index is 13.5. The third kappa shape index (κ3) is 23.1. The molecule has 10 fully saturated rings. The van der Waals surface area contributed by atoms with Crippen LogP contribution in [-0.4, -0.2) is 546 Å². The van der Waals surface area contributed by atoms with Gasteiger partial charge in [0, 0.05) is 49.0 Å². The van der Waals surface area contributed by atoms with E-state index in [9.17, 15) is 147 Å². The summed E-state index contributed by atoms with van der Waals surface area (Å²) in [5.74, 6) is -3.70. The summed E-state index contributed by atoms with van der Waals surface area (Å²) in [7, 11) is 3.29. The summed E-state index contributed by atoms with van der Waals surface area (Å²) in [4.78, 5) is 52.1. The van der Waals surface area contributed by atoms with Crippen LogP contribution in [0.1, 0.15) is 27.7 Å². The second-order valence-electron chi connectivity index (χ2n) is 31.7. The predicted molar refractivity (Wildman–Crippen MR) is 390 cm³/mol. The number of nitrogens with one attached hydrogen (secondary N) is 4. The molecule has 126 heavy (non-hydrogen) atoms. The fourth-order valence-corrected chi connectivity index (χ4v) is 16.5. The van der Waals surface area contributed by atoms with Gasteiger partial charge in [-0.1, -0.05) is 0 Å². The Kier molecular flexibility index (Phi) is 38.2. The van der Waals surface area contributed by atoms with Gasteiger partial charge in [0.25, 0.3) is 0 Å². The standard InChI is InChI=1S/C71H120N4O51/c1-18(83)72-32-43(94)53(26(12-80)111-62(32)104)121-63-33(73-19(2)84)45(96)55(28(14-82)116-63)123-70-52(103)60(42(93)31(120-70)17-108-66-48(99)46(97)36(87)22(8-76)112-66)125-71-61(47(98)37(88)23(9-77)115-71)126-64-34(74-20(3)85)44(95)54(27(13-81)117-64)122-65-35(75-21(4)86)56(40(91)29(118-65)15-109-67-49(100)57(105-5)38(89)24(10-78)113-67)124-69-51(102)59(107-7)41(92)30(119-69)16-110-68-50(101)58(106-6)39(90)25(11-79)114-68/h22-71,76-82,87-104H,8-17H2,1-7H3,(H,72,83)(H,73,84)(H,74,85)(H,75,86)/t22-,23-,24-,25-,26-,27-,28-,29-,30-,31-,32-,33-,34-,35-,36-,37-,38+,39+,40+,41+,42-,43-,44-,45-,46+,47+,48+,49-,50-,51-,52+,53-,54-,55-,56-,57+,58+,59+,60+,61+,62-,63+,64+,65+,66+,67-,68-,69+,70+,71-/m1/s1. The van der Waals surface area contributed by atoms with Crippen molar-refractivity contribution >= 4 is 23.6 Å². The zero-order chi connectivity index (χ0) is 92.6. The molecular formula is C71H120N4O51. The number of aliphatic hydroxyl groups is 25. The molecule has 10 aliphatic rings. The number of ether oxygens (including phenoxy) is 22. The molecule has 0 aromatic rings. The number of hydrogen-bond donors (Lipinski definition) is 29. The largest absolute Gasteiger partial charge is 0.394 e. The maximum Gasteiger partial charge on any atom is 0.217 e. The van der Waals surface area contributed by atoms with E-state index in [2.05, 4.69) is 21.3 Å². The van der Waals surface area contributed by atoms with Gasteiger partial charge in [0.05, 0.1) is 66.1 Å². The molecule has 0 bridgehead atoms. The second-order valence-corrected chi connectivity index (χ2v) is 31.7. The minimum atomic E-state index is -2.53. The van der Waals surface area contributed by atoms with E-state index in [1.807, 2.05) is 0 Å². The zero-order valence-corrected chi connectivity index (χ0v) is 68.7. The first-order chi connectivity index (χ1) is 59.8. The molecule has 50 atom stereocenters. The van der Waals surface area contributed by atoms with E-state index < -0.39 is 397 Å². The first-order valence-electron chi connectivity index (χ1n) is 40.3. The molecule has 4 amide bonds. The molecule has 0 aliphatic carbocycles. The van der Waals surface area contributed by atoms with Crippen molar-refractivity contribution in [1.82, 2.24) is 21.3 Å².